The standard InChI is InChI=1S/C27H25F5N6O3S2/c28-18-4-3-15(22-23(18)42-25(33)35-22)19-17(27(30,31)32)9-16-21(20(19)29)36-26(41-14-5-7-43(39,40)8-6-14)37-24(16)38-10-12-1-2-13(11-38)34-12/h3-4,9,12-14,34H,1-2,5-8,10-11H2,(H2,33,35). The van der Waals surface area contributed by atoms with Crippen LogP contribution < -0.4 is 20.7 Å². The van der Waals surface area contributed by atoms with Gasteiger partial charge in [0.15, 0.2) is 20.8 Å². The number of nitrogens with two attached hydrogens (primary N) is 1. The van der Waals surface area contributed by atoms with Gasteiger partial charge < -0.3 is 20.7 Å². The van der Waals surface area contributed by atoms with Gasteiger partial charge in [0.2, 0.25) is 0 Å². The van der Waals surface area contributed by atoms with E-state index in [1.807, 2.05) is 4.90 Å². The number of nitrogens with zero attached hydrogens (tertiary/aromatic N) is 4. The molecular formula is C27H25F5N6O3S2. The third-order valence-electron chi connectivity index (χ3n) is 8.27. The molecule has 3 aliphatic heterocycles. The first-order valence-corrected chi connectivity index (χ1v) is 16.3. The SMILES string of the molecule is Nc1nc2c(-c3c(C(F)(F)F)cc4c(N5CC6CCC(C5)N6)nc(OC5CCS(=O)(=O)CC5)nc4c3F)ccc(F)c2s1. The molecule has 16 heteroatoms. The lowest BCUT2D eigenvalue weighted by atomic mass is 9.95. The molecule has 2 aromatic heterocycles. The molecule has 5 heterocycles. The minimum absolute atomic E-state index is 0.0840. The topological polar surface area (TPSA) is 123 Å². The van der Waals surface area contributed by atoms with Crippen molar-refractivity contribution in [3.8, 4) is 17.1 Å². The smallest absolute Gasteiger partial charge is 0.417 e. The zero-order chi connectivity index (χ0) is 30.3. The van der Waals surface area contributed by atoms with Gasteiger partial charge in [-0.3, -0.25) is 0 Å². The largest absolute Gasteiger partial charge is 0.460 e. The Morgan fingerprint density at radius 3 is 2.37 bits per heavy atom. The van der Waals surface area contributed by atoms with E-state index in [0.29, 0.717) is 13.1 Å². The predicted molar refractivity (Wildman–Crippen MR) is 152 cm³/mol. The highest BCUT2D eigenvalue weighted by Gasteiger charge is 2.40. The lowest BCUT2D eigenvalue weighted by Gasteiger charge is -2.34. The number of rotatable bonds is 4. The number of hydrogen-bond donors (Lipinski definition) is 2. The van der Waals surface area contributed by atoms with E-state index < -0.39 is 50.4 Å². The van der Waals surface area contributed by atoms with Gasteiger partial charge in [0.05, 0.1) is 27.3 Å². The number of ether oxygens (including phenoxy) is 1. The maximum absolute atomic E-state index is 16.6. The summed E-state index contributed by atoms with van der Waals surface area (Å²) >= 11 is 0.747. The van der Waals surface area contributed by atoms with Crippen LogP contribution in [0.5, 0.6) is 6.01 Å². The van der Waals surface area contributed by atoms with Crippen LogP contribution in [0, 0.1) is 11.6 Å². The van der Waals surface area contributed by atoms with Crippen LogP contribution in [-0.4, -0.2) is 66.2 Å². The third kappa shape index (κ3) is 5.12. The lowest BCUT2D eigenvalue weighted by molar-refractivity contribution is -0.137. The summed E-state index contributed by atoms with van der Waals surface area (Å²) in [5.41, 5.74) is 2.75. The summed E-state index contributed by atoms with van der Waals surface area (Å²) in [5.74, 6) is -2.12. The number of nitrogen functional groups attached to an aromatic ring is 1. The van der Waals surface area contributed by atoms with Gasteiger partial charge >= 0.3 is 12.2 Å². The molecule has 3 aliphatic rings. The van der Waals surface area contributed by atoms with E-state index in [-0.39, 0.29) is 74.6 Å². The molecule has 3 fully saturated rings. The highest BCUT2D eigenvalue weighted by molar-refractivity contribution is 7.91. The molecule has 4 aromatic rings. The van der Waals surface area contributed by atoms with E-state index in [0.717, 1.165) is 42.4 Å². The van der Waals surface area contributed by atoms with Gasteiger partial charge in [-0.05, 0) is 43.9 Å². The number of nitrogens with one attached hydrogen (secondary N) is 1. The number of aromatic nitrogens is 3. The van der Waals surface area contributed by atoms with Crippen molar-refractivity contribution in [2.45, 2.75) is 50.0 Å². The highest BCUT2D eigenvalue weighted by atomic mass is 32.2. The molecule has 2 bridgehead atoms. The zero-order valence-electron chi connectivity index (χ0n) is 22.4. The molecule has 3 N–H and O–H groups in total. The van der Waals surface area contributed by atoms with Crippen LogP contribution in [-0.2, 0) is 16.0 Å². The minimum Gasteiger partial charge on any atom is -0.460 e. The van der Waals surface area contributed by atoms with Crippen LogP contribution in [0.4, 0.5) is 32.9 Å². The highest BCUT2D eigenvalue weighted by Crippen LogP contribution is 2.46. The average molecular weight is 641 g/mol. The van der Waals surface area contributed by atoms with Gasteiger partial charge in [0.1, 0.15) is 23.3 Å². The first-order chi connectivity index (χ1) is 20.4. The average Bonchev–Trinajstić information content (AvgIpc) is 3.51. The fourth-order valence-electron chi connectivity index (χ4n) is 6.27. The van der Waals surface area contributed by atoms with Crippen molar-refractivity contribution in [1.82, 2.24) is 20.3 Å². The summed E-state index contributed by atoms with van der Waals surface area (Å²) in [6.07, 6.45) is -3.46. The Bertz CT molecular complexity index is 1860. The molecule has 0 amide bonds. The van der Waals surface area contributed by atoms with Crippen LogP contribution in [0.15, 0.2) is 18.2 Å². The van der Waals surface area contributed by atoms with E-state index in [1.54, 1.807) is 0 Å². The maximum atomic E-state index is 16.6. The van der Waals surface area contributed by atoms with Gasteiger partial charge in [-0.15, -0.1) is 0 Å². The summed E-state index contributed by atoms with van der Waals surface area (Å²) in [7, 11) is -3.20. The molecule has 0 aliphatic carbocycles. The number of thiazole rings is 1. The van der Waals surface area contributed by atoms with Crippen molar-refractivity contribution in [2.75, 3.05) is 35.2 Å². The van der Waals surface area contributed by atoms with Gasteiger partial charge in [0.25, 0.3) is 0 Å². The van der Waals surface area contributed by atoms with Crippen LogP contribution in [0.1, 0.15) is 31.2 Å². The quantitative estimate of drug-likeness (QED) is 0.306. The fourth-order valence-corrected chi connectivity index (χ4v) is 8.48. The molecule has 0 saturated carbocycles. The zero-order valence-corrected chi connectivity index (χ0v) is 24.1. The Labute approximate surface area is 246 Å². The second-order valence-corrected chi connectivity index (χ2v) is 14.5. The number of alkyl halides is 3. The first-order valence-electron chi connectivity index (χ1n) is 13.7. The first kappa shape index (κ1) is 28.4. The van der Waals surface area contributed by atoms with Crippen LogP contribution in [0.2, 0.25) is 0 Å². The van der Waals surface area contributed by atoms with Crippen LogP contribution in [0.25, 0.3) is 32.2 Å². The van der Waals surface area contributed by atoms with Crippen molar-refractivity contribution in [3.63, 3.8) is 0 Å². The van der Waals surface area contributed by atoms with E-state index in [1.165, 1.54) is 0 Å². The Hall–Kier alpha value is -3.37. The molecule has 0 spiro atoms. The van der Waals surface area contributed by atoms with E-state index >= 15 is 4.39 Å². The van der Waals surface area contributed by atoms with Crippen molar-refractivity contribution in [2.24, 2.45) is 0 Å². The van der Waals surface area contributed by atoms with E-state index in [2.05, 4.69) is 20.3 Å². The second-order valence-electron chi connectivity index (χ2n) is 11.2. The van der Waals surface area contributed by atoms with Gasteiger partial charge in [0, 0.05) is 41.7 Å². The Morgan fingerprint density at radius 1 is 1.00 bits per heavy atom. The van der Waals surface area contributed by atoms with Crippen molar-refractivity contribution in [1.29, 1.82) is 0 Å². The van der Waals surface area contributed by atoms with Crippen LogP contribution >= 0.6 is 11.3 Å². The predicted octanol–water partition coefficient (Wildman–Crippen LogP) is 4.68. The number of halogens is 5. The Morgan fingerprint density at radius 2 is 1.70 bits per heavy atom. The molecule has 3 saturated heterocycles. The number of hydrogen-bond acceptors (Lipinski definition) is 10. The number of sulfone groups is 1. The molecule has 43 heavy (non-hydrogen) atoms. The number of piperazine rings is 1. The summed E-state index contributed by atoms with van der Waals surface area (Å²) in [4.78, 5) is 14.6. The molecule has 228 valence electrons. The number of benzene rings is 2. The summed E-state index contributed by atoms with van der Waals surface area (Å²) in [6, 6.07) is 2.74. The summed E-state index contributed by atoms with van der Waals surface area (Å²) in [6.45, 7) is 0.871. The minimum atomic E-state index is -5.00. The molecule has 9 nitrogen and oxygen atoms in total. The summed E-state index contributed by atoms with van der Waals surface area (Å²) in [5, 5.41) is 3.22. The molecule has 2 atom stereocenters. The monoisotopic (exact) mass is 640 g/mol. The lowest BCUT2D eigenvalue weighted by Crippen LogP contribution is -2.51. The van der Waals surface area contributed by atoms with E-state index in [4.69, 9.17) is 10.5 Å². The molecular weight excluding hydrogens is 615 g/mol. The number of fused-ring (bicyclic) bond motifs is 4. The Balaban J connectivity index is 1.45. The van der Waals surface area contributed by atoms with Crippen molar-refractivity contribution < 1.29 is 35.1 Å². The fraction of sp³-hybridized carbons (Fsp3) is 0.444. The van der Waals surface area contributed by atoms with Gasteiger partial charge in [-0.25, -0.2) is 22.2 Å². The second kappa shape index (κ2) is 10.1. The number of anilines is 2. The van der Waals surface area contributed by atoms with Gasteiger partial charge in [-0.2, -0.15) is 23.1 Å². The normalized spacial score (nSPS) is 22.5. The van der Waals surface area contributed by atoms with E-state index in [9.17, 15) is 26.0 Å². The maximum Gasteiger partial charge on any atom is 0.417 e. The Kier molecular flexibility index (Phi) is 6.66. The third-order valence-corrected chi connectivity index (χ3v) is 10.9. The molecule has 0 radical (unpaired) electrons. The van der Waals surface area contributed by atoms with Crippen LogP contribution in [0.3, 0.4) is 0 Å². The molecule has 2 unspecified atom stereocenters. The molecule has 7 rings (SSSR count). The molecule has 2 aromatic carbocycles. The van der Waals surface area contributed by atoms with Gasteiger partial charge in [-0.1, -0.05) is 11.3 Å². The van der Waals surface area contributed by atoms with Crippen molar-refractivity contribution >= 4 is 53.2 Å². The summed E-state index contributed by atoms with van der Waals surface area (Å²) < 4.78 is 105. The van der Waals surface area contributed by atoms with Crippen molar-refractivity contribution in [3.05, 3.63) is 35.4 Å².